The molecule has 3 aliphatic heterocycles. The van der Waals surface area contributed by atoms with E-state index < -0.39 is 0 Å². The topological polar surface area (TPSA) is 105 Å². The number of carbonyl (C=O) groups is 2. The predicted molar refractivity (Wildman–Crippen MR) is 198 cm³/mol. The standard InChI is InChI=1S/C41H44N6O5/c1-43-26-32(24-42-43)47(30-10-12-33(48)13-11-30)41(50)37-23-39(45-16-6-5-9-38(37)45)36-22-34(51-2)14-15-35(36)40(49)46-25-29-8-4-3-7-28(29)21-31(46)27-44-17-19-52-20-18-44/h3-4,7-8,10-15,22-24,26,31,48H,5-6,9,16-21,25,27H2,1-2H3/t31-/m0/s1. The quantitative estimate of drug-likeness (QED) is 0.218. The zero-order valence-corrected chi connectivity index (χ0v) is 29.7. The van der Waals surface area contributed by atoms with E-state index >= 15 is 4.79 Å². The van der Waals surface area contributed by atoms with Crippen molar-refractivity contribution >= 4 is 23.2 Å². The smallest absolute Gasteiger partial charge is 0.264 e. The maximum Gasteiger partial charge on any atom is 0.264 e. The maximum atomic E-state index is 15.0. The molecule has 3 aliphatic rings. The molecule has 11 nitrogen and oxygen atoms in total. The zero-order valence-electron chi connectivity index (χ0n) is 29.7. The number of amides is 2. The molecule has 0 unspecified atom stereocenters. The van der Waals surface area contributed by atoms with Crippen molar-refractivity contribution < 1.29 is 24.2 Å². The number of hydrogen-bond acceptors (Lipinski definition) is 7. The van der Waals surface area contributed by atoms with Crippen LogP contribution in [-0.4, -0.2) is 87.1 Å². The lowest BCUT2D eigenvalue weighted by molar-refractivity contribution is 0.0193. The number of fused-ring (bicyclic) bond motifs is 2. The number of hydrogen-bond donors (Lipinski definition) is 1. The number of aromatic nitrogens is 3. The number of benzene rings is 3. The van der Waals surface area contributed by atoms with Crippen molar-refractivity contribution in [3.05, 3.63) is 113 Å². The summed E-state index contributed by atoms with van der Waals surface area (Å²) in [5.41, 5.74) is 7.35. The van der Waals surface area contributed by atoms with Gasteiger partial charge in [0, 0.05) is 80.2 Å². The molecule has 52 heavy (non-hydrogen) atoms. The van der Waals surface area contributed by atoms with Gasteiger partial charge in [-0.2, -0.15) is 5.10 Å². The number of ether oxygens (including phenoxy) is 2. The van der Waals surface area contributed by atoms with Crippen LogP contribution in [0, 0.1) is 0 Å². The SMILES string of the molecule is COc1ccc(C(=O)N2Cc3ccccc3C[C@H]2CN2CCOCC2)c(-c2cc(C(=O)N(c3ccc(O)cc3)c3cnn(C)c3)c3n2CCCC3)c1. The molecule has 5 heterocycles. The Labute approximate surface area is 303 Å². The Morgan fingerprint density at radius 1 is 0.942 bits per heavy atom. The molecule has 2 aromatic heterocycles. The van der Waals surface area contributed by atoms with E-state index in [4.69, 9.17) is 9.47 Å². The van der Waals surface area contributed by atoms with Gasteiger partial charge in [0.2, 0.25) is 0 Å². The first-order chi connectivity index (χ1) is 25.4. The van der Waals surface area contributed by atoms with E-state index in [1.807, 2.05) is 42.3 Å². The molecule has 1 saturated heterocycles. The lowest BCUT2D eigenvalue weighted by Crippen LogP contribution is -2.52. The van der Waals surface area contributed by atoms with Gasteiger partial charge in [-0.05, 0) is 85.3 Å². The Morgan fingerprint density at radius 3 is 2.48 bits per heavy atom. The highest BCUT2D eigenvalue weighted by Crippen LogP contribution is 2.38. The first-order valence-corrected chi connectivity index (χ1v) is 18.1. The summed E-state index contributed by atoms with van der Waals surface area (Å²) in [6, 6.07) is 22.7. The molecule has 1 atom stereocenters. The fourth-order valence-corrected chi connectivity index (χ4v) is 7.99. The van der Waals surface area contributed by atoms with Crippen LogP contribution >= 0.6 is 0 Å². The Balaban J connectivity index is 1.22. The molecule has 0 saturated carbocycles. The third kappa shape index (κ3) is 6.46. The Bertz CT molecular complexity index is 2100. The highest BCUT2D eigenvalue weighted by Gasteiger charge is 2.35. The van der Waals surface area contributed by atoms with E-state index in [0.717, 1.165) is 68.8 Å². The van der Waals surface area contributed by atoms with Crippen molar-refractivity contribution in [3.8, 4) is 22.8 Å². The lowest BCUT2D eigenvalue weighted by atomic mass is 9.92. The minimum absolute atomic E-state index is 0.00725. The Kier molecular flexibility index (Phi) is 9.29. The van der Waals surface area contributed by atoms with Crippen LogP contribution in [0.15, 0.2) is 85.2 Å². The van der Waals surface area contributed by atoms with E-state index in [2.05, 4.69) is 32.8 Å². The van der Waals surface area contributed by atoms with Crippen LogP contribution in [0.25, 0.3) is 11.3 Å². The van der Waals surface area contributed by atoms with Crippen LogP contribution in [0.5, 0.6) is 11.5 Å². The predicted octanol–water partition coefficient (Wildman–Crippen LogP) is 5.82. The second-order valence-electron chi connectivity index (χ2n) is 13.9. The molecule has 5 aromatic rings. The molecule has 8 rings (SSSR count). The maximum absolute atomic E-state index is 15.0. The summed E-state index contributed by atoms with van der Waals surface area (Å²) in [6.45, 7) is 5.12. The molecule has 268 valence electrons. The van der Waals surface area contributed by atoms with E-state index in [1.54, 1.807) is 53.4 Å². The number of aryl methyl sites for hydroxylation is 1. The summed E-state index contributed by atoms with van der Waals surface area (Å²) in [7, 11) is 3.45. The number of phenols is 1. The number of aromatic hydroxyl groups is 1. The van der Waals surface area contributed by atoms with Crippen molar-refractivity contribution in [2.45, 2.75) is 44.8 Å². The first kappa shape index (κ1) is 33.7. The van der Waals surface area contributed by atoms with E-state index in [9.17, 15) is 9.90 Å². The van der Waals surface area contributed by atoms with Gasteiger partial charge in [0.05, 0.1) is 37.8 Å². The summed E-state index contributed by atoms with van der Waals surface area (Å²) in [6.07, 6.45) is 6.90. The molecule has 1 N–H and O–H groups in total. The minimum atomic E-state index is -0.204. The molecule has 1 fully saturated rings. The molecule has 0 spiro atoms. The minimum Gasteiger partial charge on any atom is -0.508 e. The number of phenolic OH excluding ortho intramolecular Hbond substituents is 1. The number of methoxy groups -OCH3 is 1. The second kappa shape index (κ2) is 14.3. The molecule has 0 bridgehead atoms. The van der Waals surface area contributed by atoms with Gasteiger partial charge in [-0.15, -0.1) is 0 Å². The van der Waals surface area contributed by atoms with Gasteiger partial charge in [-0.3, -0.25) is 24.1 Å². The summed E-state index contributed by atoms with van der Waals surface area (Å²) < 4.78 is 15.2. The van der Waals surface area contributed by atoms with Crippen molar-refractivity contribution in [1.82, 2.24) is 24.1 Å². The number of nitrogens with zero attached hydrogens (tertiary/aromatic N) is 6. The van der Waals surface area contributed by atoms with E-state index in [0.29, 0.717) is 48.0 Å². The zero-order chi connectivity index (χ0) is 35.8. The molecular formula is C41H44N6O5. The van der Waals surface area contributed by atoms with Crippen LogP contribution < -0.4 is 9.64 Å². The number of carbonyl (C=O) groups excluding carboxylic acids is 2. The van der Waals surface area contributed by atoms with E-state index in [-0.39, 0.29) is 23.6 Å². The van der Waals surface area contributed by atoms with Gasteiger partial charge in [0.25, 0.3) is 11.8 Å². The van der Waals surface area contributed by atoms with Gasteiger partial charge >= 0.3 is 0 Å². The van der Waals surface area contributed by atoms with Gasteiger partial charge in [0.15, 0.2) is 0 Å². The molecule has 11 heteroatoms. The van der Waals surface area contributed by atoms with Crippen molar-refractivity contribution in [1.29, 1.82) is 0 Å². The normalized spacial score (nSPS) is 17.3. The molecule has 0 radical (unpaired) electrons. The average Bonchev–Trinajstić information content (AvgIpc) is 3.79. The summed E-state index contributed by atoms with van der Waals surface area (Å²) >= 11 is 0. The highest BCUT2D eigenvalue weighted by molar-refractivity contribution is 6.12. The lowest BCUT2D eigenvalue weighted by Gasteiger charge is -2.40. The Morgan fingerprint density at radius 2 is 1.73 bits per heavy atom. The van der Waals surface area contributed by atoms with Crippen LogP contribution in [0.3, 0.4) is 0 Å². The molecule has 0 aliphatic carbocycles. The van der Waals surface area contributed by atoms with Crippen LogP contribution in [-0.2, 0) is 37.7 Å². The van der Waals surface area contributed by atoms with Crippen LogP contribution in [0.2, 0.25) is 0 Å². The van der Waals surface area contributed by atoms with Crippen LogP contribution in [0.4, 0.5) is 11.4 Å². The van der Waals surface area contributed by atoms with E-state index in [1.165, 1.54) is 11.1 Å². The Hall–Kier alpha value is -5.39. The third-order valence-electron chi connectivity index (χ3n) is 10.7. The van der Waals surface area contributed by atoms with Gasteiger partial charge < -0.3 is 24.0 Å². The van der Waals surface area contributed by atoms with Crippen LogP contribution in [0.1, 0.15) is 50.4 Å². The summed E-state index contributed by atoms with van der Waals surface area (Å²) in [4.78, 5) is 35.9. The first-order valence-electron chi connectivity index (χ1n) is 18.1. The summed E-state index contributed by atoms with van der Waals surface area (Å²) in [5.74, 6) is 0.515. The largest absolute Gasteiger partial charge is 0.508 e. The summed E-state index contributed by atoms with van der Waals surface area (Å²) in [5, 5.41) is 14.4. The fraction of sp³-hybridized carbons (Fsp3) is 0.341. The van der Waals surface area contributed by atoms with Gasteiger partial charge in [-0.1, -0.05) is 24.3 Å². The number of rotatable bonds is 8. The molecule has 3 aromatic carbocycles. The molecule has 2 amide bonds. The monoisotopic (exact) mass is 700 g/mol. The highest BCUT2D eigenvalue weighted by atomic mass is 16.5. The van der Waals surface area contributed by atoms with Crippen molar-refractivity contribution in [2.24, 2.45) is 7.05 Å². The fourth-order valence-electron chi connectivity index (χ4n) is 7.99. The third-order valence-corrected chi connectivity index (χ3v) is 10.7. The average molecular weight is 701 g/mol. The van der Waals surface area contributed by atoms with Crippen molar-refractivity contribution in [3.63, 3.8) is 0 Å². The number of anilines is 2. The second-order valence-corrected chi connectivity index (χ2v) is 13.9. The molecular weight excluding hydrogens is 656 g/mol. The van der Waals surface area contributed by atoms with Crippen molar-refractivity contribution in [2.75, 3.05) is 44.9 Å². The number of morpholine rings is 1. The van der Waals surface area contributed by atoms with Gasteiger partial charge in [0.1, 0.15) is 11.5 Å². The van der Waals surface area contributed by atoms with Gasteiger partial charge in [-0.25, -0.2) is 0 Å².